The van der Waals surface area contributed by atoms with E-state index < -0.39 is 9.84 Å². The predicted molar refractivity (Wildman–Crippen MR) is 172 cm³/mol. The van der Waals surface area contributed by atoms with Crippen LogP contribution in [0.2, 0.25) is 5.02 Å². The molecule has 0 atom stereocenters. The van der Waals surface area contributed by atoms with Gasteiger partial charge in [-0.25, -0.2) is 32.7 Å². The summed E-state index contributed by atoms with van der Waals surface area (Å²) in [4.78, 5) is 21.9. The number of sulfone groups is 1. The van der Waals surface area contributed by atoms with Gasteiger partial charge in [-0.1, -0.05) is 29.8 Å². The molecule has 10 nitrogen and oxygen atoms in total. The second kappa shape index (κ2) is 13.6. The Bertz CT molecular complexity index is 2060. The molecule has 0 spiro atoms. The number of ether oxygens (including phenoxy) is 1. The van der Waals surface area contributed by atoms with E-state index in [-0.39, 0.29) is 29.7 Å². The first-order valence-electron chi connectivity index (χ1n) is 13.7. The van der Waals surface area contributed by atoms with Gasteiger partial charge < -0.3 is 15.4 Å². The summed E-state index contributed by atoms with van der Waals surface area (Å²) in [5, 5.41) is 10.3. The van der Waals surface area contributed by atoms with E-state index in [4.69, 9.17) is 16.3 Å². The SMILES string of the molecule is O=S(=O)(CCNCc1nc(-c2cc3c(Nc4ccc(OCc5cccc(F)c5)c(Cl)c4)ncnc3cn2)cs1)c1ccccn1. The molecule has 0 bridgehead atoms. The van der Waals surface area contributed by atoms with Crippen molar-refractivity contribution in [1.29, 1.82) is 0 Å². The minimum Gasteiger partial charge on any atom is -0.487 e. The van der Waals surface area contributed by atoms with Crippen LogP contribution < -0.4 is 15.4 Å². The summed E-state index contributed by atoms with van der Waals surface area (Å²) in [7, 11) is -3.46. The van der Waals surface area contributed by atoms with Gasteiger partial charge in [-0.05, 0) is 54.1 Å². The van der Waals surface area contributed by atoms with E-state index in [1.165, 1.54) is 42.1 Å². The largest absolute Gasteiger partial charge is 0.487 e. The number of pyridine rings is 2. The smallest absolute Gasteiger partial charge is 0.196 e. The number of hydrogen-bond acceptors (Lipinski definition) is 11. The molecule has 45 heavy (non-hydrogen) atoms. The van der Waals surface area contributed by atoms with Crippen molar-refractivity contribution in [2.24, 2.45) is 0 Å². The standard InChI is InChI=1S/C31H25ClFN7O3S2/c32-24-13-22(7-8-28(24)43-17-20-4-3-5-21(33)12-20)39-31-23-14-25(36-15-26(23)37-19-38-31)27-18-44-29(40-27)16-34-10-11-45(41,42)30-6-1-2-9-35-30/h1-9,12-15,18-19,34H,10-11,16-17H2,(H,37,38,39). The molecule has 0 unspecified atom stereocenters. The third kappa shape index (κ3) is 7.57. The fourth-order valence-corrected chi connectivity index (χ4v) is 6.49. The Morgan fingerprint density at radius 2 is 1.87 bits per heavy atom. The average molecular weight is 662 g/mol. The van der Waals surface area contributed by atoms with Crippen molar-refractivity contribution in [1.82, 2.24) is 30.2 Å². The van der Waals surface area contributed by atoms with Crippen molar-refractivity contribution < 1.29 is 17.5 Å². The number of nitrogens with one attached hydrogen (secondary N) is 2. The number of fused-ring (bicyclic) bond motifs is 1. The van der Waals surface area contributed by atoms with Crippen molar-refractivity contribution >= 4 is 55.2 Å². The average Bonchev–Trinajstić information content (AvgIpc) is 3.52. The molecule has 0 aliphatic heterocycles. The highest BCUT2D eigenvalue weighted by molar-refractivity contribution is 7.91. The highest BCUT2D eigenvalue weighted by Gasteiger charge is 2.16. The van der Waals surface area contributed by atoms with Crippen LogP contribution in [0.25, 0.3) is 22.3 Å². The Morgan fingerprint density at radius 1 is 0.956 bits per heavy atom. The quantitative estimate of drug-likeness (QED) is 0.146. The highest BCUT2D eigenvalue weighted by Crippen LogP contribution is 2.32. The first-order valence-corrected chi connectivity index (χ1v) is 16.6. The second-order valence-corrected chi connectivity index (χ2v) is 13.2. The van der Waals surface area contributed by atoms with Gasteiger partial charge in [-0.3, -0.25) is 4.98 Å². The Morgan fingerprint density at radius 3 is 2.69 bits per heavy atom. The molecule has 0 aliphatic carbocycles. The van der Waals surface area contributed by atoms with Crippen LogP contribution in [0.4, 0.5) is 15.9 Å². The zero-order valence-electron chi connectivity index (χ0n) is 23.5. The van der Waals surface area contributed by atoms with E-state index in [2.05, 4.69) is 35.6 Å². The minimum absolute atomic E-state index is 0.0651. The van der Waals surface area contributed by atoms with Crippen LogP contribution in [0.5, 0.6) is 5.75 Å². The Hall–Kier alpha value is -4.56. The van der Waals surface area contributed by atoms with Crippen LogP contribution >= 0.6 is 22.9 Å². The molecule has 4 aromatic heterocycles. The predicted octanol–water partition coefficient (Wildman–Crippen LogP) is 6.22. The van der Waals surface area contributed by atoms with Crippen LogP contribution in [0, 0.1) is 5.82 Å². The monoisotopic (exact) mass is 661 g/mol. The molecule has 0 aliphatic rings. The van der Waals surface area contributed by atoms with Crippen LogP contribution in [0.3, 0.4) is 0 Å². The molecule has 6 rings (SSSR count). The number of anilines is 2. The lowest BCUT2D eigenvalue weighted by Gasteiger charge is -2.12. The molecule has 14 heteroatoms. The van der Waals surface area contributed by atoms with Gasteiger partial charge in [0.25, 0.3) is 0 Å². The zero-order chi connectivity index (χ0) is 31.2. The lowest BCUT2D eigenvalue weighted by atomic mass is 10.2. The number of thiazole rings is 1. The maximum Gasteiger partial charge on any atom is 0.196 e. The molecule has 6 aromatic rings. The van der Waals surface area contributed by atoms with Crippen molar-refractivity contribution in [2.45, 2.75) is 18.2 Å². The molecule has 2 aromatic carbocycles. The molecule has 4 heterocycles. The summed E-state index contributed by atoms with van der Waals surface area (Å²) >= 11 is 7.94. The topological polar surface area (TPSA) is 132 Å². The van der Waals surface area contributed by atoms with E-state index in [1.54, 1.807) is 42.6 Å². The molecule has 0 fully saturated rings. The normalized spacial score (nSPS) is 11.5. The van der Waals surface area contributed by atoms with Crippen LogP contribution in [0.15, 0.2) is 95.9 Å². The van der Waals surface area contributed by atoms with Crippen molar-refractivity contribution in [3.8, 4) is 17.1 Å². The third-order valence-electron chi connectivity index (χ3n) is 6.59. The second-order valence-electron chi connectivity index (χ2n) is 9.79. The zero-order valence-corrected chi connectivity index (χ0v) is 25.9. The molecule has 2 N–H and O–H groups in total. The van der Waals surface area contributed by atoms with Gasteiger partial charge in [0, 0.05) is 35.7 Å². The van der Waals surface area contributed by atoms with Gasteiger partial charge in [0.2, 0.25) is 0 Å². The maximum atomic E-state index is 13.5. The fourth-order valence-electron chi connectivity index (χ4n) is 4.37. The Balaban J connectivity index is 1.11. The molecule has 0 amide bonds. The van der Waals surface area contributed by atoms with E-state index in [0.29, 0.717) is 51.3 Å². The van der Waals surface area contributed by atoms with E-state index in [0.717, 1.165) is 10.4 Å². The van der Waals surface area contributed by atoms with E-state index in [9.17, 15) is 12.8 Å². The molecule has 0 saturated heterocycles. The van der Waals surface area contributed by atoms with Crippen molar-refractivity contribution in [3.63, 3.8) is 0 Å². The van der Waals surface area contributed by atoms with Crippen LogP contribution in [0.1, 0.15) is 10.6 Å². The number of nitrogens with zero attached hydrogens (tertiary/aromatic N) is 5. The lowest BCUT2D eigenvalue weighted by molar-refractivity contribution is 0.306. The number of benzene rings is 2. The van der Waals surface area contributed by atoms with Crippen LogP contribution in [-0.2, 0) is 23.0 Å². The minimum atomic E-state index is -3.46. The van der Waals surface area contributed by atoms with E-state index in [1.807, 2.05) is 17.5 Å². The number of rotatable bonds is 12. The molecular formula is C31H25ClFN7O3S2. The van der Waals surface area contributed by atoms with E-state index >= 15 is 0 Å². The van der Waals surface area contributed by atoms with Crippen LogP contribution in [-0.4, -0.2) is 45.6 Å². The fraction of sp³-hybridized carbons (Fsp3) is 0.129. The number of halogens is 2. The molecular weight excluding hydrogens is 637 g/mol. The summed E-state index contributed by atoms with van der Waals surface area (Å²) in [5.41, 5.74) is 3.34. The lowest BCUT2D eigenvalue weighted by Crippen LogP contribution is -2.23. The summed E-state index contributed by atoms with van der Waals surface area (Å²) in [5.74, 6) is 0.626. The summed E-state index contributed by atoms with van der Waals surface area (Å²) in [6, 6.07) is 18.1. The maximum absolute atomic E-state index is 13.5. The van der Waals surface area contributed by atoms with Crippen molar-refractivity contribution in [2.75, 3.05) is 17.6 Å². The third-order valence-corrected chi connectivity index (χ3v) is 9.36. The Labute approximate surface area is 267 Å². The summed E-state index contributed by atoms with van der Waals surface area (Å²) < 4.78 is 44.1. The summed E-state index contributed by atoms with van der Waals surface area (Å²) in [6.45, 7) is 0.853. The van der Waals surface area contributed by atoms with Gasteiger partial charge in [-0.2, -0.15) is 0 Å². The molecule has 228 valence electrons. The molecule has 0 radical (unpaired) electrons. The van der Waals surface area contributed by atoms with Gasteiger partial charge >= 0.3 is 0 Å². The number of aromatic nitrogens is 5. The first kappa shape index (κ1) is 30.5. The highest BCUT2D eigenvalue weighted by atomic mass is 35.5. The summed E-state index contributed by atoms with van der Waals surface area (Å²) in [6.07, 6.45) is 4.57. The van der Waals surface area contributed by atoms with Crippen molar-refractivity contribution in [3.05, 3.63) is 112 Å². The van der Waals surface area contributed by atoms with Gasteiger partial charge in [0.15, 0.2) is 14.9 Å². The Kier molecular flexibility index (Phi) is 9.21. The molecule has 0 saturated carbocycles. The van der Waals surface area contributed by atoms with Gasteiger partial charge in [0.1, 0.15) is 35.3 Å². The first-order chi connectivity index (χ1) is 21.8. The van der Waals surface area contributed by atoms with Gasteiger partial charge in [0.05, 0.1) is 33.9 Å². The van der Waals surface area contributed by atoms with Gasteiger partial charge in [-0.15, -0.1) is 11.3 Å². The number of hydrogen-bond donors (Lipinski definition) is 2.